The molecular formula is C16H17N3O2. The predicted octanol–water partition coefficient (Wildman–Crippen LogP) is 2.00. The van der Waals surface area contributed by atoms with Crippen LogP contribution in [0.25, 0.3) is 6.08 Å². The quantitative estimate of drug-likeness (QED) is 0.650. The van der Waals surface area contributed by atoms with E-state index >= 15 is 0 Å². The summed E-state index contributed by atoms with van der Waals surface area (Å²) in [6, 6.07) is 10.9. The number of nitrogens with zero attached hydrogens (tertiary/aromatic N) is 1. The monoisotopic (exact) mass is 283 g/mol. The third-order valence-electron chi connectivity index (χ3n) is 2.84. The van der Waals surface area contributed by atoms with Crippen molar-refractivity contribution in [1.29, 1.82) is 0 Å². The number of pyridine rings is 1. The summed E-state index contributed by atoms with van der Waals surface area (Å²) in [5, 5.41) is 2.80. The van der Waals surface area contributed by atoms with E-state index in [2.05, 4.69) is 10.3 Å². The number of nitrogen functional groups attached to an aromatic ring is 1. The van der Waals surface area contributed by atoms with Gasteiger partial charge in [-0.1, -0.05) is 12.1 Å². The van der Waals surface area contributed by atoms with Crippen molar-refractivity contribution >= 4 is 17.7 Å². The van der Waals surface area contributed by atoms with Gasteiger partial charge in [0.05, 0.1) is 7.11 Å². The topological polar surface area (TPSA) is 77.2 Å². The second kappa shape index (κ2) is 7.09. The summed E-state index contributed by atoms with van der Waals surface area (Å²) in [7, 11) is 1.56. The first-order chi connectivity index (χ1) is 10.2. The van der Waals surface area contributed by atoms with Crippen LogP contribution in [0, 0.1) is 0 Å². The zero-order valence-electron chi connectivity index (χ0n) is 11.7. The number of carbonyl (C=O) groups excluding carboxylic acids is 1. The third kappa shape index (κ3) is 4.65. The Bertz CT molecular complexity index is 636. The molecule has 0 aliphatic carbocycles. The van der Waals surface area contributed by atoms with Gasteiger partial charge in [-0.25, -0.2) is 4.98 Å². The number of carbonyl (C=O) groups is 1. The van der Waals surface area contributed by atoms with Gasteiger partial charge >= 0.3 is 0 Å². The highest BCUT2D eigenvalue weighted by Crippen LogP contribution is 2.08. The maximum Gasteiger partial charge on any atom is 0.244 e. The molecule has 0 aliphatic heterocycles. The Labute approximate surface area is 123 Å². The van der Waals surface area contributed by atoms with Crippen LogP contribution in [-0.4, -0.2) is 18.0 Å². The molecule has 0 fully saturated rings. The summed E-state index contributed by atoms with van der Waals surface area (Å²) >= 11 is 0. The average molecular weight is 283 g/mol. The van der Waals surface area contributed by atoms with E-state index in [-0.39, 0.29) is 5.91 Å². The molecule has 0 saturated carbocycles. The average Bonchev–Trinajstić information content (AvgIpc) is 2.52. The maximum absolute atomic E-state index is 11.7. The standard InChI is InChI=1S/C16H17N3O2/c1-21-16-10-13(8-9-18-16)11-19-15(20)7-4-12-2-5-14(17)6-3-12/h2-10H,11,17H2,1H3,(H,19,20)/b7-4+. The molecule has 0 atom stereocenters. The van der Waals surface area contributed by atoms with Crippen LogP contribution in [0.15, 0.2) is 48.7 Å². The molecule has 2 aromatic rings. The molecule has 0 saturated heterocycles. The third-order valence-corrected chi connectivity index (χ3v) is 2.84. The number of amides is 1. The fraction of sp³-hybridized carbons (Fsp3) is 0.125. The number of anilines is 1. The molecule has 1 aromatic carbocycles. The van der Waals surface area contributed by atoms with Crippen LogP contribution in [0.2, 0.25) is 0 Å². The maximum atomic E-state index is 11.7. The minimum Gasteiger partial charge on any atom is -0.481 e. The van der Waals surface area contributed by atoms with Crippen molar-refractivity contribution in [2.24, 2.45) is 0 Å². The summed E-state index contributed by atoms with van der Waals surface area (Å²) in [6.45, 7) is 0.420. The van der Waals surface area contributed by atoms with Crippen molar-refractivity contribution in [3.63, 3.8) is 0 Å². The first-order valence-corrected chi connectivity index (χ1v) is 6.48. The van der Waals surface area contributed by atoms with E-state index in [1.54, 1.807) is 37.6 Å². The van der Waals surface area contributed by atoms with Crippen LogP contribution in [-0.2, 0) is 11.3 Å². The van der Waals surface area contributed by atoms with Gasteiger partial charge in [0.1, 0.15) is 0 Å². The molecule has 108 valence electrons. The van der Waals surface area contributed by atoms with Crippen LogP contribution < -0.4 is 15.8 Å². The van der Waals surface area contributed by atoms with Gasteiger partial charge in [-0.05, 0) is 35.4 Å². The van der Waals surface area contributed by atoms with E-state index in [1.807, 2.05) is 18.2 Å². The van der Waals surface area contributed by atoms with Crippen molar-refractivity contribution in [1.82, 2.24) is 10.3 Å². The molecular weight excluding hydrogens is 266 g/mol. The number of hydrogen-bond acceptors (Lipinski definition) is 4. The molecule has 5 nitrogen and oxygen atoms in total. The predicted molar refractivity (Wildman–Crippen MR) is 82.5 cm³/mol. The summed E-state index contributed by atoms with van der Waals surface area (Å²) < 4.78 is 5.03. The van der Waals surface area contributed by atoms with E-state index in [0.29, 0.717) is 18.1 Å². The Morgan fingerprint density at radius 2 is 2.10 bits per heavy atom. The Morgan fingerprint density at radius 1 is 1.33 bits per heavy atom. The highest BCUT2D eigenvalue weighted by atomic mass is 16.5. The number of nitrogens with two attached hydrogens (primary N) is 1. The second-order valence-electron chi connectivity index (χ2n) is 4.42. The minimum absolute atomic E-state index is 0.164. The molecule has 0 spiro atoms. The van der Waals surface area contributed by atoms with Gasteiger partial charge in [0, 0.05) is 30.6 Å². The normalized spacial score (nSPS) is 10.5. The number of aromatic nitrogens is 1. The Kier molecular flexibility index (Phi) is 4.93. The van der Waals surface area contributed by atoms with Crippen molar-refractivity contribution in [3.8, 4) is 5.88 Å². The molecule has 0 bridgehead atoms. The van der Waals surface area contributed by atoms with Gasteiger partial charge in [-0.2, -0.15) is 0 Å². The molecule has 0 radical (unpaired) electrons. The first kappa shape index (κ1) is 14.6. The van der Waals surface area contributed by atoms with Crippen molar-refractivity contribution in [2.45, 2.75) is 6.54 Å². The fourth-order valence-corrected chi connectivity index (χ4v) is 1.70. The molecule has 1 heterocycles. The van der Waals surface area contributed by atoms with E-state index in [1.165, 1.54) is 6.08 Å². The van der Waals surface area contributed by atoms with E-state index in [0.717, 1.165) is 11.1 Å². The molecule has 1 aromatic heterocycles. The molecule has 1 amide bonds. The lowest BCUT2D eigenvalue weighted by Crippen LogP contribution is -2.20. The summed E-state index contributed by atoms with van der Waals surface area (Å²) in [5.74, 6) is 0.363. The van der Waals surface area contributed by atoms with E-state index in [4.69, 9.17) is 10.5 Å². The lowest BCUT2D eigenvalue weighted by atomic mass is 10.2. The molecule has 5 heteroatoms. The van der Waals surface area contributed by atoms with Crippen molar-refractivity contribution in [2.75, 3.05) is 12.8 Å². The zero-order valence-corrected chi connectivity index (χ0v) is 11.7. The minimum atomic E-state index is -0.164. The Hall–Kier alpha value is -2.82. The Balaban J connectivity index is 1.88. The van der Waals surface area contributed by atoms with Gasteiger partial charge < -0.3 is 15.8 Å². The van der Waals surface area contributed by atoms with Crippen LogP contribution in [0.5, 0.6) is 5.88 Å². The van der Waals surface area contributed by atoms with Gasteiger partial charge in [-0.3, -0.25) is 4.79 Å². The number of benzene rings is 1. The van der Waals surface area contributed by atoms with Crippen LogP contribution >= 0.6 is 0 Å². The lowest BCUT2D eigenvalue weighted by Gasteiger charge is -2.04. The number of rotatable bonds is 5. The van der Waals surface area contributed by atoms with E-state index in [9.17, 15) is 4.79 Å². The first-order valence-electron chi connectivity index (χ1n) is 6.48. The molecule has 2 rings (SSSR count). The number of ether oxygens (including phenoxy) is 1. The summed E-state index contributed by atoms with van der Waals surface area (Å²) in [5.41, 5.74) is 8.15. The SMILES string of the molecule is COc1cc(CNC(=O)/C=C/c2ccc(N)cc2)ccn1. The molecule has 0 unspecified atom stereocenters. The van der Waals surface area contributed by atoms with Crippen molar-refractivity contribution < 1.29 is 9.53 Å². The van der Waals surface area contributed by atoms with Crippen LogP contribution in [0.4, 0.5) is 5.69 Å². The van der Waals surface area contributed by atoms with Crippen LogP contribution in [0.1, 0.15) is 11.1 Å². The molecule has 21 heavy (non-hydrogen) atoms. The number of nitrogens with one attached hydrogen (secondary N) is 1. The Morgan fingerprint density at radius 3 is 2.81 bits per heavy atom. The summed E-state index contributed by atoms with van der Waals surface area (Å²) in [4.78, 5) is 15.8. The summed E-state index contributed by atoms with van der Waals surface area (Å²) in [6.07, 6.45) is 4.87. The van der Waals surface area contributed by atoms with Gasteiger partial charge in [-0.15, -0.1) is 0 Å². The van der Waals surface area contributed by atoms with Crippen LogP contribution in [0.3, 0.4) is 0 Å². The highest BCUT2D eigenvalue weighted by Gasteiger charge is 1.99. The molecule has 3 N–H and O–H groups in total. The van der Waals surface area contributed by atoms with E-state index < -0.39 is 0 Å². The smallest absolute Gasteiger partial charge is 0.244 e. The largest absolute Gasteiger partial charge is 0.481 e. The van der Waals surface area contributed by atoms with Gasteiger partial charge in [0.15, 0.2) is 0 Å². The van der Waals surface area contributed by atoms with Gasteiger partial charge in [0.2, 0.25) is 11.8 Å². The van der Waals surface area contributed by atoms with Crippen molar-refractivity contribution in [3.05, 3.63) is 59.8 Å². The lowest BCUT2D eigenvalue weighted by molar-refractivity contribution is -0.116. The highest BCUT2D eigenvalue weighted by molar-refractivity contribution is 5.91. The van der Waals surface area contributed by atoms with Gasteiger partial charge in [0.25, 0.3) is 0 Å². The number of hydrogen-bond donors (Lipinski definition) is 2. The second-order valence-corrected chi connectivity index (χ2v) is 4.42. The number of methoxy groups -OCH3 is 1. The molecule has 0 aliphatic rings. The fourth-order valence-electron chi connectivity index (χ4n) is 1.70. The zero-order chi connectivity index (χ0) is 15.1.